The van der Waals surface area contributed by atoms with Gasteiger partial charge in [-0.1, -0.05) is 0 Å². The number of fused-ring (bicyclic) bond motifs is 1. The fourth-order valence-electron chi connectivity index (χ4n) is 2.96. The minimum atomic E-state index is -0.154. The van der Waals surface area contributed by atoms with Crippen molar-refractivity contribution in [1.82, 2.24) is 20.5 Å². The number of pyridine rings is 1. The zero-order valence-corrected chi connectivity index (χ0v) is 12.1. The molecule has 0 radical (unpaired) electrons. The van der Waals surface area contributed by atoms with E-state index >= 15 is 0 Å². The molecule has 0 aromatic carbocycles. The number of ether oxygens (including phenoxy) is 1. The Balaban J connectivity index is 1.36. The third kappa shape index (κ3) is 3.92. The molecule has 0 bridgehead atoms. The summed E-state index contributed by atoms with van der Waals surface area (Å²) in [5.41, 5.74) is 1.04. The quantitative estimate of drug-likeness (QED) is 0.858. The molecule has 3 rings (SSSR count). The van der Waals surface area contributed by atoms with E-state index in [9.17, 15) is 4.79 Å². The summed E-state index contributed by atoms with van der Waals surface area (Å²) in [4.78, 5) is 18.2. The summed E-state index contributed by atoms with van der Waals surface area (Å²) in [6.07, 6.45) is 6.05. The number of urea groups is 1. The first-order valence-corrected chi connectivity index (χ1v) is 7.57. The molecule has 114 valence electrons. The van der Waals surface area contributed by atoms with E-state index in [2.05, 4.69) is 20.5 Å². The Kier molecular flexibility index (Phi) is 4.67. The maximum Gasteiger partial charge on any atom is 0.315 e. The Morgan fingerprint density at radius 2 is 2.24 bits per heavy atom. The van der Waals surface area contributed by atoms with Gasteiger partial charge in [-0.3, -0.25) is 9.88 Å². The van der Waals surface area contributed by atoms with Crippen LogP contribution >= 0.6 is 0 Å². The fraction of sp³-hybridized carbons (Fsp3) is 0.600. The van der Waals surface area contributed by atoms with Crippen LogP contribution < -0.4 is 10.6 Å². The van der Waals surface area contributed by atoms with Crippen LogP contribution in [0.5, 0.6) is 0 Å². The third-order valence-electron chi connectivity index (χ3n) is 4.15. The van der Waals surface area contributed by atoms with Crippen LogP contribution in [0.4, 0.5) is 4.79 Å². The predicted octanol–water partition coefficient (Wildman–Crippen LogP) is 0.744. The summed E-state index contributed by atoms with van der Waals surface area (Å²) in [5.74, 6) is 0. The molecule has 2 amide bonds. The molecule has 0 unspecified atom stereocenters. The van der Waals surface area contributed by atoms with Crippen molar-refractivity contribution in [3.63, 3.8) is 0 Å². The fourth-order valence-corrected chi connectivity index (χ4v) is 2.96. The molecule has 2 N–H and O–H groups in total. The maximum atomic E-state index is 11.8. The van der Waals surface area contributed by atoms with E-state index in [1.54, 1.807) is 12.4 Å². The van der Waals surface area contributed by atoms with E-state index in [0.29, 0.717) is 19.1 Å². The second-order valence-corrected chi connectivity index (χ2v) is 5.67. The standard InChI is InChI=1S/C15H22N4O2/c20-15(17-8-12-3-5-16-6-4-12)18-9-14-10-19-7-1-2-13(19)11-21-14/h3-6,13-14H,1-2,7-11H2,(H2,17,18,20)/t13-,14+/m0/s1. The zero-order chi connectivity index (χ0) is 14.5. The van der Waals surface area contributed by atoms with Gasteiger partial charge in [-0.2, -0.15) is 0 Å². The van der Waals surface area contributed by atoms with E-state index in [4.69, 9.17) is 4.74 Å². The lowest BCUT2D eigenvalue weighted by atomic mass is 10.2. The van der Waals surface area contributed by atoms with Crippen molar-refractivity contribution in [2.24, 2.45) is 0 Å². The van der Waals surface area contributed by atoms with Crippen molar-refractivity contribution in [1.29, 1.82) is 0 Å². The number of carbonyl (C=O) groups excluding carboxylic acids is 1. The second-order valence-electron chi connectivity index (χ2n) is 5.67. The molecule has 0 spiro atoms. The molecule has 6 heteroatoms. The van der Waals surface area contributed by atoms with Crippen LogP contribution in [0.2, 0.25) is 0 Å². The predicted molar refractivity (Wildman–Crippen MR) is 78.8 cm³/mol. The third-order valence-corrected chi connectivity index (χ3v) is 4.15. The molecule has 1 aromatic rings. The Bertz CT molecular complexity index is 468. The lowest BCUT2D eigenvalue weighted by Crippen LogP contribution is -2.51. The summed E-state index contributed by atoms with van der Waals surface area (Å²) in [6.45, 7) is 3.96. The number of nitrogens with one attached hydrogen (secondary N) is 2. The van der Waals surface area contributed by atoms with Crippen LogP contribution in [-0.4, -0.2) is 54.3 Å². The lowest BCUT2D eigenvalue weighted by molar-refractivity contribution is -0.0457. The molecule has 1 aromatic heterocycles. The largest absolute Gasteiger partial charge is 0.373 e. The van der Waals surface area contributed by atoms with Gasteiger partial charge < -0.3 is 15.4 Å². The highest BCUT2D eigenvalue weighted by Crippen LogP contribution is 2.22. The van der Waals surface area contributed by atoms with Gasteiger partial charge in [0, 0.05) is 38.1 Å². The monoisotopic (exact) mass is 290 g/mol. The highest BCUT2D eigenvalue weighted by molar-refractivity contribution is 5.73. The average Bonchev–Trinajstić information content (AvgIpc) is 2.99. The zero-order valence-electron chi connectivity index (χ0n) is 12.1. The molecule has 6 nitrogen and oxygen atoms in total. The van der Waals surface area contributed by atoms with Crippen LogP contribution in [0.15, 0.2) is 24.5 Å². The number of rotatable bonds is 4. The number of hydrogen-bond donors (Lipinski definition) is 2. The van der Waals surface area contributed by atoms with E-state index in [0.717, 1.165) is 18.7 Å². The van der Waals surface area contributed by atoms with E-state index in [-0.39, 0.29) is 12.1 Å². The molecular formula is C15H22N4O2. The Morgan fingerprint density at radius 1 is 1.38 bits per heavy atom. The number of nitrogens with zero attached hydrogens (tertiary/aromatic N) is 2. The Labute approximate surface area is 124 Å². The van der Waals surface area contributed by atoms with Crippen molar-refractivity contribution < 1.29 is 9.53 Å². The van der Waals surface area contributed by atoms with Crippen LogP contribution in [0, 0.1) is 0 Å². The van der Waals surface area contributed by atoms with E-state index in [1.165, 1.54) is 19.4 Å². The highest BCUT2D eigenvalue weighted by Gasteiger charge is 2.32. The first kappa shape index (κ1) is 14.3. The number of amides is 2. The van der Waals surface area contributed by atoms with Crippen LogP contribution in [0.1, 0.15) is 18.4 Å². The van der Waals surface area contributed by atoms with Gasteiger partial charge in [-0.05, 0) is 37.1 Å². The van der Waals surface area contributed by atoms with Gasteiger partial charge in [0.2, 0.25) is 0 Å². The van der Waals surface area contributed by atoms with E-state index in [1.807, 2.05) is 12.1 Å². The normalized spacial score (nSPS) is 25.3. The SMILES string of the molecule is O=C(NCc1ccncc1)NC[C@@H]1CN2CCC[C@H]2CO1. The van der Waals surface area contributed by atoms with Gasteiger partial charge in [0.15, 0.2) is 0 Å². The summed E-state index contributed by atoms with van der Waals surface area (Å²) < 4.78 is 5.81. The Morgan fingerprint density at radius 3 is 3.10 bits per heavy atom. The molecule has 2 saturated heterocycles. The van der Waals surface area contributed by atoms with E-state index < -0.39 is 0 Å². The van der Waals surface area contributed by atoms with Crippen molar-refractivity contribution in [3.05, 3.63) is 30.1 Å². The number of hydrogen-bond acceptors (Lipinski definition) is 4. The number of morpholine rings is 1. The van der Waals surface area contributed by atoms with Crippen molar-refractivity contribution in [3.8, 4) is 0 Å². The average molecular weight is 290 g/mol. The molecule has 2 atom stereocenters. The maximum absolute atomic E-state index is 11.8. The van der Waals surface area contributed by atoms with Gasteiger partial charge in [0.1, 0.15) is 0 Å². The number of carbonyl (C=O) groups is 1. The minimum absolute atomic E-state index is 0.103. The van der Waals surface area contributed by atoms with Crippen molar-refractivity contribution in [2.75, 3.05) is 26.2 Å². The first-order chi connectivity index (χ1) is 10.3. The molecule has 21 heavy (non-hydrogen) atoms. The molecular weight excluding hydrogens is 268 g/mol. The molecule has 3 heterocycles. The molecule has 2 fully saturated rings. The van der Waals surface area contributed by atoms with Gasteiger partial charge in [-0.25, -0.2) is 4.79 Å². The molecule has 0 aliphatic carbocycles. The van der Waals surface area contributed by atoms with Crippen molar-refractivity contribution in [2.45, 2.75) is 31.5 Å². The topological polar surface area (TPSA) is 66.5 Å². The van der Waals surface area contributed by atoms with Gasteiger partial charge in [0.05, 0.1) is 12.7 Å². The smallest absolute Gasteiger partial charge is 0.315 e. The molecule has 2 aliphatic heterocycles. The molecule has 2 aliphatic rings. The van der Waals surface area contributed by atoms with Gasteiger partial charge in [-0.15, -0.1) is 0 Å². The summed E-state index contributed by atoms with van der Waals surface area (Å²) in [5, 5.41) is 5.72. The van der Waals surface area contributed by atoms with Gasteiger partial charge in [0.25, 0.3) is 0 Å². The van der Waals surface area contributed by atoms with Gasteiger partial charge >= 0.3 is 6.03 Å². The second kappa shape index (κ2) is 6.87. The first-order valence-electron chi connectivity index (χ1n) is 7.57. The summed E-state index contributed by atoms with van der Waals surface area (Å²) >= 11 is 0. The molecule has 0 saturated carbocycles. The van der Waals surface area contributed by atoms with Crippen LogP contribution in [0.25, 0.3) is 0 Å². The number of aromatic nitrogens is 1. The van der Waals surface area contributed by atoms with Crippen molar-refractivity contribution >= 4 is 6.03 Å². The Hall–Kier alpha value is -1.66. The van der Waals surface area contributed by atoms with Crippen LogP contribution in [-0.2, 0) is 11.3 Å². The highest BCUT2D eigenvalue weighted by atomic mass is 16.5. The summed E-state index contributed by atoms with van der Waals surface area (Å²) in [7, 11) is 0. The minimum Gasteiger partial charge on any atom is -0.373 e. The lowest BCUT2D eigenvalue weighted by Gasteiger charge is -2.35. The summed E-state index contributed by atoms with van der Waals surface area (Å²) in [6, 6.07) is 4.22. The van der Waals surface area contributed by atoms with Crippen LogP contribution in [0.3, 0.4) is 0 Å².